The summed E-state index contributed by atoms with van der Waals surface area (Å²) in [5.41, 5.74) is 0. The van der Waals surface area contributed by atoms with Gasteiger partial charge in [-0.1, -0.05) is 0 Å². The topological polar surface area (TPSA) is 60.9 Å². The zero-order valence-electron chi connectivity index (χ0n) is 9.96. The molecule has 1 N–H and O–H groups in total. The van der Waals surface area contributed by atoms with E-state index in [9.17, 15) is 9.59 Å². The lowest BCUT2D eigenvalue weighted by molar-refractivity contribution is -0.136. The summed E-state index contributed by atoms with van der Waals surface area (Å²) in [6.45, 7) is 3.35. The Bertz CT molecular complexity index is 316. The molecule has 6 heteroatoms. The number of piperazine rings is 1. The molecule has 5 nitrogen and oxygen atoms in total. The van der Waals surface area contributed by atoms with Gasteiger partial charge in [0.15, 0.2) is 0 Å². The molecule has 0 spiro atoms. The fraction of sp³-hybridized carbons (Fsp3) is 0.818. The van der Waals surface area contributed by atoms with Crippen molar-refractivity contribution in [3.8, 4) is 0 Å². The lowest BCUT2D eigenvalue weighted by atomic mass is 10.1. The van der Waals surface area contributed by atoms with Crippen LogP contribution in [0.2, 0.25) is 0 Å². The summed E-state index contributed by atoms with van der Waals surface area (Å²) in [6.07, 6.45) is 1.32. The monoisotopic (exact) mass is 258 g/mol. The van der Waals surface area contributed by atoms with Crippen molar-refractivity contribution in [3.63, 3.8) is 0 Å². The average Bonchev–Trinajstić information content (AvgIpc) is 2.78. The fourth-order valence-corrected chi connectivity index (χ4v) is 3.55. The Morgan fingerprint density at radius 2 is 1.71 bits per heavy atom. The second-order valence-electron chi connectivity index (χ2n) is 4.66. The van der Waals surface area contributed by atoms with Crippen molar-refractivity contribution < 1.29 is 14.7 Å². The minimum absolute atomic E-state index is 0.131. The van der Waals surface area contributed by atoms with Crippen LogP contribution in [0.4, 0.5) is 0 Å². The Morgan fingerprint density at radius 1 is 1.12 bits per heavy atom. The molecule has 0 unspecified atom stereocenters. The van der Waals surface area contributed by atoms with Crippen LogP contribution in [0.15, 0.2) is 0 Å². The Morgan fingerprint density at radius 3 is 2.24 bits per heavy atom. The van der Waals surface area contributed by atoms with Crippen molar-refractivity contribution in [1.82, 2.24) is 9.80 Å². The van der Waals surface area contributed by atoms with Crippen LogP contribution in [0, 0.1) is 0 Å². The molecule has 0 aromatic heterocycles. The van der Waals surface area contributed by atoms with E-state index in [4.69, 9.17) is 5.11 Å². The molecule has 0 saturated carbocycles. The summed E-state index contributed by atoms with van der Waals surface area (Å²) in [7, 11) is 2.05. The molecular formula is C11H18N2O3S. The minimum atomic E-state index is -0.788. The first kappa shape index (κ1) is 12.7. The first-order chi connectivity index (χ1) is 8.08. The number of carboxylic acids is 1. The van der Waals surface area contributed by atoms with Crippen molar-refractivity contribution in [2.24, 2.45) is 0 Å². The van der Waals surface area contributed by atoms with Crippen molar-refractivity contribution in [2.75, 3.05) is 33.2 Å². The Balaban J connectivity index is 1.86. The number of rotatable bonds is 2. The standard InChI is InChI=1S/C11H18N2O3S/c1-12-4-6-13(7-5-12)10(14)8-2-3-9(17-8)11(15)16/h8-9H,2-7H2,1H3,(H,15,16)/t8-,9-/m0/s1. The molecule has 1 amide bonds. The molecule has 17 heavy (non-hydrogen) atoms. The minimum Gasteiger partial charge on any atom is -0.480 e. The van der Waals surface area contributed by atoms with Gasteiger partial charge in [-0.2, -0.15) is 0 Å². The summed E-state index contributed by atoms with van der Waals surface area (Å²) in [5, 5.41) is 8.37. The molecule has 2 fully saturated rings. The third-order valence-corrected chi connectivity index (χ3v) is 4.92. The van der Waals surface area contributed by atoms with Crippen LogP contribution in [0.5, 0.6) is 0 Å². The number of carbonyl (C=O) groups is 2. The molecule has 0 radical (unpaired) electrons. The number of aliphatic carboxylic acids is 1. The molecule has 0 aromatic rings. The van der Waals surface area contributed by atoms with E-state index in [-0.39, 0.29) is 11.2 Å². The van der Waals surface area contributed by atoms with Gasteiger partial charge in [0.1, 0.15) is 5.25 Å². The fourth-order valence-electron chi connectivity index (χ4n) is 2.23. The summed E-state index contributed by atoms with van der Waals surface area (Å²) in [6, 6.07) is 0. The van der Waals surface area contributed by atoms with Crippen molar-refractivity contribution in [1.29, 1.82) is 0 Å². The summed E-state index contributed by atoms with van der Waals surface area (Å²) in [5.74, 6) is -0.657. The molecule has 2 atom stereocenters. The molecule has 2 rings (SSSR count). The van der Waals surface area contributed by atoms with Crippen molar-refractivity contribution in [3.05, 3.63) is 0 Å². The second kappa shape index (κ2) is 5.27. The quantitative estimate of drug-likeness (QED) is 0.762. The first-order valence-electron chi connectivity index (χ1n) is 5.93. The molecule has 2 saturated heterocycles. The van der Waals surface area contributed by atoms with Gasteiger partial charge in [-0.05, 0) is 19.9 Å². The van der Waals surface area contributed by atoms with Gasteiger partial charge in [-0.25, -0.2) is 0 Å². The lowest BCUT2D eigenvalue weighted by Crippen LogP contribution is -2.49. The maximum absolute atomic E-state index is 12.2. The van der Waals surface area contributed by atoms with Gasteiger partial charge in [-0.3, -0.25) is 9.59 Å². The van der Waals surface area contributed by atoms with E-state index < -0.39 is 11.2 Å². The number of hydrogen-bond donors (Lipinski definition) is 1. The van der Waals surface area contributed by atoms with E-state index in [1.54, 1.807) is 0 Å². The first-order valence-corrected chi connectivity index (χ1v) is 6.88. The Labute approximate surface area is 105 Å². The van der Waals surface area contributed by atoms with Gasteiger partial charge in [0.2, 0.25) is 5.91 Å². The number of amides is 1. The normalized spacial score (nSPS) is 30.5. The highest BCUT2D eigenvalue weighted by Crippen LogP contribution is 2.35. The lowest BCUT2D eigenvalue weighted by Gasteiger charge is -2.33. The van der Waals surface area contributed by atoms with E-state index >= 15 is 0 Å². The average molecular weight is 258 g/mol. The maximum atomic E-state index is 12.2. The second-order valence-corrected chi connectivity index (χ2v) is 6.07. The number of hydrogen-bond acceptors (Lipinski definition) is 4. The van der Waals surface area contributed by atoms with Gasteiger partial charge < -0.3 is 14.9 Å². The SMILES string of the molecule is CN1CCN(C(=O)[C@@H]2CC[C@@H](C(=O)O)S2)CC1. The molecule has 0 aliphatic carbocycles. The Hall–Kier alpha value is -0.750. The van der Waals surface area contributed by atoms with Gasteiger partial charge in [0.05, 0.1) is 5.25 Å². The largest absolute Gasteiger partial charge is 0.480 e. The number of nitrogens with zero attached hydrogens (tertiary/aromatic N) is 2. The number of thioether (sulfide) groups is 1. The zero-order chi connectivity index (χ0) is 12.4. The number of carbonyl (C=O) groups excluding carboxylic acids is 1. The van der Waals surface area contributed by atoms with Crippen molar-refractivity contribution in [2.45, 2.75) is 23.3 Å². The van der Waals surface area contributed by atoms with Crippen molar-refractivity contribution >= 4 is 23.6 Å². The van der Waals surface area contributed by atoms with Crippen LogP contribution in [0.3, 0.4) is 0 Å². The summed E-state index contributed by atoms with van der Waals surface area (Å²) in [4.78, 5) is 27.1. The third-order valence-electron chi connectivity index (χ3n) is 3.39. The third kappa shape index (κ3) is 2.93. The Kier molecular flexibility index (Phi) is 3.93. The van der Waals surface area contributed by atoms with Crippen LogP contribution >= 0.6 is 11.8 Å². The number of carboxylic acid groups (broad SMARTS) is 1. The molecule has 2 aliphatic rings. The van der Waals surface area contributed by atoms with Crippen LogP contribution in [-0.4, -0.2) is 70.5 Å². The zero-order valence-corrected chi connectivity index (χ0v) is 10.8. The highest BCUT2D eigenvalue weighted by atomic mass is 32.2. The number of likely N-dealkylation sites (N-methyl/N-ethyl adjacent to an activating group) is 1. The highest BCUT2D eigenvalue weighted by Gasteiger charge is 2.37. The molecule has 2 heterocycles. The van der Waals surface area contributed by atoms with Gasteiger partial charge in [-0.15, -0.1) is 11.8 Å². The molecular weight excluding hydrogens is 240 g/mol. The molecule has 96 valence electrons. The van der Waals surface area contributed by atoms with E-state index in [0.29, 0.717) is 12.8 Å². The van der Waals surface area contributed by atoms with Crippen LogP contribution in [0.1, 0.15) is 12.8 Å². The molecule has 0 bridgehead atoms. The summed E-state index contributed by atoms with van der Waals surface area (Å²) >= 11 is 1.32. The summed E-state index contributed by atoms with van der Waals surface area (Å²) < 4.78 is 0. The van der Waals surface area contributed by atoms with Gasteiger partial charge in [0, 0.05) is 26.2 Å². The smallest absolute Gasteiger partial charge is 0.316 e. The van der Waals surface area contributed by atoms with Crippen LogP contribution < -0.4 is 0 Å². The predicted molar refractivity (Wildman–Crippen MR) is 66.1 cm³/mol. The van der Waals surface area contributed by atoms with Gasteiger partial charge in [0.25, 0.3) is 0 Å². The predicted octanol–water partition coefficient (Wildman–Crippen LogP) is 0.109. The van der Waals surface area contributed by atoms with Crippen LogP contribution in [0.25, 0.3) is 0 Å². The van der Waals surface area contributed by atoms with E-state index in [0.717, 1.165) is 26.2 Å². The van der Waals surface area contributed by atoms with Crippen LogP contribution in [-0.2, 0) is 9.59 Å². The van der Waals surface area contributed by atoms with E-state index in [1.807, 2.05) is 11.9 Å². The maximum Gasteiger partial charge on any atom is 0.316 e. The van der Waals surface area contributed by atoms with E-state index in [1.165, 1.54) is 11.8 Å². The molecule has 2 aliphatic heterocycles. The van der Waals surface area contributed by atoms with Gasteiger partial charge >= 0.3 is 5.97 Å². The van der Waals surface area contributed by atoms with E-state index in [2.05, 4.69) is 4.90 Å². The molecule has 0 aromatic carbocycles. The highest BCUT2D eigenvalue weighted by molar-refractivity contribution is 8.02.